The van der Waals surface area contributed by atoms with E-state index in [1.807, 2.05) is 36.9 Å². The molecule has 3 rings (SSSR count). The van der Waals surface area contributed by atoms with Crippen molar-refractivity contribution in [1.82, 2.24) is 9.80 Å². The van der Waals surface area contributed by atoms with Crippen LogP contribution in [0.3, 0.4) is 0 Å². The summed E-state index contributed by atoms with van der Waals surface area (Å²) in [6, 6.07) is 7.77. The van der Waals surface area contributed by atoms with E-state index < -0.39 is 0 Å². The summed E-state index contributed by atoms with van der Waals surface area (Å²) >= 11 is 0. The number of nitrogens with one attached hydrogen (secondary N) is 1. The molecule has 0 atom stereocenters. The molecule has 1 aromatic carbocycles. The third-order valence-electron chi connectivity index (χ3n) is 4.96. The first-order valence-electron chi connectivity index (χ1n) is 8.99. The van der Waals surface area contributed by atoms with Crippen LogP contribution in [0.2, 0.25) is 0 Å². The first kappa shape index (κ1) is 17.0. The van der Waals surface area contributed by atoms with Gasteiger partial charge in [-0.25, -0.2) is 0 Å². The van der Waals surface area contributed by atoms with Crippen LogP contribution in [0.5, 0.6) is 0 Å². The predicted octanol–water partition coefficient (Wildman–Crippen LogP) is 2.59. The molecule has 1 N–H and O–H groups in total. The molecule has 2 fully saturated rings. The Morgan fingerprint density at radius 2 is 1.83 bits per heavy atom. The lowest BCUT2D eigenvalue weighted by atomic mass is 10.0. The fraction of sp³-hybridized carbons (Fsp3) is 0.579. The molecular formula is C19H27N3O2. The zero-order valence-corrected chi connectivity index (χ0v) is 14.6. The molecule has 0 radical (unpaired) electrons. The van der Waals surface area contributed by atoms with Crippen molar-refractivity contribution in [1.29, 1.82) is 0 Å². The van der Waals surface area contributed by atoms with E-state index in [9.17, 15) is 9.59 Å². The molecule has 5 heteroatoms. The molecule has 2 aliphatic heterocycles. The van der Waals surface area contributed by atoms with Crippen molar-refractivity contribution in [2.45, 2.75) is 39.2 Å². The lowest BCUT2D eigenvalue weighted by Gasteiger charge is -2.46. The molecule has 1 aromatic rings. The Morgan fingerprint density at radius 1 is 1.12 bits per heavy atom. The third kappa shape index (κ3) is 3.78. The summed E-state index contributed by atoms with van der Waals surface area (Å²) in [5, 5.41) is 2.85. The van der Waals surface area contributed by atoms with Gasteiger partial charge in [0.2, 0.25) is 5.91 Å². The van der Waals surface area contributed by atoms with Gasteiger partial charge in [-0.15, -0.1) is 0 Å². The van der Waals surface area contributed by atoms with E-state index in [-0.39, 0.29) is 17.7 Å². The van der Waals surface area contributed by atoms with Crippen LogP contribution < -0.4 is 5.32 Å². The first-order chi connectivity index (χ1) is 11.5. The van der Waals surface area contributed by atoms with Crippen LogP contribution in [0.1, 0.15) is 43.5 Å². The van der Waals surface area contributed by atoms with Crippen LogP contribution in [0.15, 0.2) is 24.3 Å². The van der Waals surface area contributed by atoms with Crippen molar-refractivity contribution >= 4 is 17.5 Å². The van der Waals surface area contributed by atoms with Crippen molar-refractivity contribution < 1.29 is 9.59 Å². The second-order valence-electron chi connectivity index (χ2n) is 7.19. The van der Waals surface area contributed by atoms with Crippen molar-refractivity contribution in [2.75, 3.05) is 31.5 Å². The Labute approximate surface area is 144 Å². The second-order valence-corrected chi connectivity index (χ2v) is 7.19. The number of carbonyl (C=O) groups is 2. The van der Waals surface area contributed by atoms with Gasteiger partial charge in [-0.3, -0.25) is 14.5 Å². The number of anilines is 1. The summed E-state index contributed by atoms with van der Waals surface area (Å²) in [7, 11) is 0. The van der Waals surface area contributed by atoms with E-state index in [2.05, 4.69) is 10.2 Å². The maximum Gasteiger partial charge on any atom is 0.254 e. The van der Waals surface area contributed by atoms with Crippen LogP contribution in [0.25, 0.3) is 0 Å². The first-order valence-corrected chi connectivity index (χ1v) is 8.99. The molecule has 0 saturated carbocycles. The van der Waals surface area contributed by atoms with E-state index in [1.165, 1.54) is 32.4 Å². The Kier molecular flexibility index (Phi) is 5.19. The Morgan fingerprint density at radius 3 is 2.50 bits per heavy atom. The van der Waals surface area contributed by atoms with E-state index in [0.29, 0.717) is 17.3 Å². The molecule has 0 unspecified atom stereocenters. The summed E-state index contributed by atoms with van der Waals surface area (Å²) in [5.41, 5.74) is 1.33. The van der Waals surface area contributed by atoms with Gasteiger partial charge < -0.3 is 10.2 Å². The minimum absolute atomic E-state index is 0.0336. The van der Waals surface area contributed by atoms with Gasteiger partial charge in [0.05, 0.1) is 0 Å². The number of hydrogen-bond acceptors (Lipinski definition) is 3. The van der Waals surface area contributed by atoms with Gasteiger partial charge in [0, 0.05) is 36.3 Å². The van der Waals surface area contributed by atoms with Crippen molar-refractivity contribution in [2.24, 2.45) is 5.92 Å². The highest BCUT2D eigenvalue weighted by Crippen LogP contribution is 2.22. The lowest BCUT2D eigenvalue weighted by molar-refractivity contribution is -0.118. The van der Waals surface area contributed by atoms with Gasteiger partial charge in [-0.2, -0.15) is 0 Å². The van der Waals surface area contributed by atoms with Gasteiger partial charge >= 0.3 is 0 Å². The van der Waals surface area contributed by atoms with Crippen LogP contribution in [0.4, 0.5) is 5.69 Å². The summed E-state index contributed by atoms with van der Waals surface area (Å²) in [4.78, 5) is 28.8. The minimum atomic E-state index is -0.0787. The number of nitrogens with zero attached hydrogens (tertiary/aromatic N) is 2. The summed E-state index contributed by atoms with van der Waals surface area (Å²) in [5.74, 6) is -0.0531. The van der Waals surface area contributed by atoms with Crippen molar-refractivity contribution in [3.63, 3.8) is 0 Å². The van der Waals surface area contributed by atoms with E-state index in [4.69, 9.17) is 0 Å². The van der Waals surface area contributed by atoms with E-state index in [1.54, 1.807) is 6.07 Å². The smallest absolute Gasteiger partial charge is 0.254 e. The molecule has 0 bridgehead atoms. The van der Waals surface area contributed by atoms with Gasteiger partial charge in [0.1, 0.15) is 0 Å². The average molecular weight is 329 g/mol. The number of benzene rings is 1. The second kappa shape index (κ2) is 7.34. The third-order valence-corrected chi connectivity index (χ3v) is 4.96. The number of piperidine rings is 1. The number of rotatable bonds is 4. The molecule has 0 aromatic heterocycles. The number of amides is 2. The molecule has 5 nitrogen and oxygen atoms in total. The largest absolute Gasteiger partial charge is 0.335 e. The summed E-state index contributed by atoms with van der Waals surface area (Å²) in [6.45, 7) is 7.69. The maximum atomic E-state index is 12.6. The van der Waals surface area contributed by atoms with Gasteiger partial charge in [0.15, 0.2) is 0 Å². The predicted molar refractivity (Wildman–Crippen MR) is 95.0 cm³/mol. The van der Waals surface area contributed by atoms with Crippen LogP contribution >= 0.6 is 0 Å². The highest BCUT2D eigenvalue weighted by Gasteiger charge is 2.35. The average Bonchev–Trinajstić information content (AvgIpc) is 2.54. The monoisotopic (exact) mass is 329 g/mol. The summed E-state index contributed by atoms with van der Waals surface area (Å²) < 4.78 is 0. The Bertz CT molecular complexity index is 602. The van der Waals surface area contributed by atoms with Crippen molar-refractivity contribution in [3.8, 4) is 0 Å². The molecule has 2 aliphatic rings. The molecule has 2 saturated heterocycles. The SMILES string of the molecule is CC(C)C(=O)Nc1cccc(C(=O)N2CC(N3CCCCC3)C2)c1. The standard InChI is InChI=1S/C19H27N3O2/c1-14(2)18(23)20-16-8-6-7-15(11-16)19(24)22-12-17(13-22)21-9-4-3-5-10-21/h6-8,11,14,17H,3-5,9-10,12-13H2,1-2H3,(H,20,23). The van der Waals surface area contributed by atoms with Gasteiger partial charge in [-0.05, 0) is 44.1 Å². The maximum absolute atomic E-state index is 12.6. The topological polar surface area (TPSA) is 52.7 Å². The van der Waals surface area contributed by atoms with E-state index >= 15 is 0 Å². The lowest BCUT2D eigenvalue weighted by Crippen LogP contribution is -2.61. The summed E-state index contributed by atoms with van der Waals surface area (Å²) in [6.07, 6.45) is 3.89. The Hall–Kier alpha value is -1.88. The molecular weight excluding hydrogens is 302 g/mol. The van der Waals surface area contributed by atoms with Gasteiger partial charge in [-0.1, -0.05) is 26.3 Å². The minimum Gasteiger partial charge on any atom is -0.335 e. The van der Waals surface area contributed by atoms with Crippen LogP contribution in [-0.2, 0) is 4.79 Å². The molecule has 2 heterocycles. The van der Waals surface area contributed by atoms with Crippen LogP contribution in [-0.4, -0.2) is 53.8 Å². The zero-order chi connectivity index (χ0) is 17.1. The highest BCUT2D eigenvalue weighted by atomic mass is 16.2. The molecule has 2 amide bonds. The van der Waals surface area contributed by atoms with Crippen LogP contribution in [0, 0.1) is 5.92 Å². The normalized spacial score (nSPS) is 19.2. The fourth-order valence-electron chi connectivity index (χ4n) is 3.33. The Balaban J connectivity index is 1.57. The molecule has 24 heavy (non-hydrogen) atoms. The van der Waals surface area contributed by atoms with Gasteiger partial charge in [0.25, 0.3) is 5.91 Å². The highest BCUT2D eigenvalue weighted by molar-refractivity contribution is 5.98. The molecule has 0 aliphatic carbocycles. The van der Waals surface area contributed by atoms with Crippen molar-refractivity contribution in [3.05, 3.63) is 29.8 Å². The zero-order valence-electron chi connectivity index (χ0n) is 14.6. The number of carbonyl (C=O) groups excluding carboxylic acids is 2. The molecule has 130 valence electrons. The van der Waals surface area contributed by atoms with E-state index in [0.717, 1.165) is 13.1 Å². The molecule has 0 spiro atoms. The number of hydrogen-bond donors (Lipinski definition) is 1. The number of likely N-dealkylation sites (tertiary alicyclic amines) is 2. The fourth-order valence-corrected chi connectivity index (χ4v) is 3.33. The quantitative estimate of drug-likeness (QED) is 0.924.